The van der Waals surface area contributed by atoms with E-state index >= 15 is 0 Å². The SMILES string of the molecule is Nc1cccc(F)c1NC(=O)COc1ccc(Cl)cc1. The Labute approximate surface area is 120 Å². The lowest BCUT2D eigenvalue weighted by atomic mass is 10.2. The van der Waals surface area contributed by atoms with Crippen LogP contribution in [0.15, 0.2) is 42.5 Å². The summed E-state index contributed by atoms with van der Waals surface area (Å²) in [5.41, 5.74) is 5.70. The number of carbonyl (C=O) groups excluding carboxylic acids is 1. The van der Waals surface area contributed by atoms with E-state index in [1.807, 2.05) is 0 Å². The minimum absolute atomic E-state index is 0.0443. The first-order chi connectivity index (χ1) is 9.56. The van der Waals surface area contributed by atoms with Crippen LogP contribution in [0.1, 0.15) is 0 Å². The molecule has 104 valence electrons. The van der Waals surface area contributed by atoms with Gasteiger partial charge in [0.15, 0.2) is 6.61 Å². The van der Waals surface area contributed by atoms with Crippen LogP contribution in [-0.2, 0) is 4.79 Å². The van der Waals surface area contributed by atoms with Crippen molar-refractivity contribution in [1.82, 2.24) is 0 Å². The number of nitrogen functional groups attached to an aromatic ring is 1. The highest BCUT2D eigenvalue weighted by molar-refractivity contribution is 6.30. The van der Waals surface area contributed by atoms with Crippen LogP contribution >= 0.6 is 11.6 Å². The fraction of sp³-hybridized carbons (Fsp3) is 0.0714. The summed E-state index contributed by atoms with van der Waals surface area (Å²) in [5, 5.41) is 2.94. The van der Waals surface area contributed by atoms with Gasteiger partial charge < -0.3 is 15.8 Å². The average Bonchev–Trinajstić information content (AvgIpc) is 2.42. The molecule has 0 aliphatic carbocycles. The standard InChI is InChI=1S/C14H12ClFN2O2/c15-9-4-6-10(7-5-9)20-8-13(19)18-14-11(16)2-1-3-12(14)17/h1-7H,8,17H2,(H,18,19). The number of amides is 1. The molecular weight excluding hydrogens is 283 g/mol. The van der Waals surface area contributed by atoms with Gasteiger partial charge in [-0.25, -0.2) is 4.39 Å². The normalized spacial score (nSPS) is 10.1. The number of carbonyl (C=O) groups is 1. The lowest BCUT2D eigenvalue weighted by Crippen LogP contribution is -2.21. The van der Waals surface area contributed by atoms with Gasteiger partial charge in [0, 0.05) is 5.02 Å². The van der Waals surface area contributed by atoms with Crippen LogP contribution in [-0.4, -0.2) is 12.5 Å². The van der Waals surface area contributed by atoms with E-state index in [-0.39, 0.29) is 18.0 Å². The highest BCUT2D eigenvalue weighted by atomic mass is 35.5. The third-order valence-electron chi connectivity index (χ3n) is 2.49. The van der Waals surface area contributed by atoms with Crippen molar-refractivity contribution in [3.8, 4) is 5.75 Å². The molecule has 0 aliphatic rings. The summed E-state index contributed by atoms with van der Waals surface area (Å²) in [6.45, 7) is -0.255. The van der Waals surface area contributed by atoms with E-state index < -0.39 is 11.7 Å². The number of para-hydroxylation sites is 1. The van der Waals surface area contributed by atoms with Crippen molar-refractivity contribution >= 4 is 28.9 Å². The molecule has 0 fully saturated rings. The van der Waals surface area contributed by atoms with E-state index in [9.17, 15) is 9.18 Å². The van der Waals surface area contributed by atoms with E-state index in [2.05, 4.69) is 5.32 Å². The zero-order valence-electron chi connectivity index (χ0n) is 10.4. The average molecular weight is 295 g/mol. The largest absolute Gasteiger partial charge is 0.484 e. The van der Waals surface area contributed by atoms with Gasteiger partial charge in [0.2, 0.25) is 0 Å². The van der Waals surface area contributed by atoms with Gasteiger partial charge in [0.05, 0.1) is 5.69 Å². The topological polar surface area (TPSA) is 64.3 Å². The van der Waals surface area contributed by atoms with Gasteiger partial charge in [-0.05, 0) is 36.4 Å². The molecule has 0 atom stereocenters. The third-order valence-corrected chi connectivity index (χ3v) is 2.75. The van der Waals surface area contributed by atoms with Gasteiger partial charge in [-0.2, -0.15) is 0 Å². The lowest BCUT2D eigenvalue weighted by Gasteiger charge is -2.10. The van der Waals surface area contributed by atoms with Crippen molar-refractivity contribution in [3.63, 3.8) is 0 Å². The number of hydrogen-bond acceptors (Lipinski definition) is 3. The van der Waals surface area contributed by atoms with Gasteiger partial charge in [-0.15, -0.1) is 0 Å². The Kier molecular flexibility index (Phi) is 4.42. The molecule has 20 heavy (non-hydrogen) atoms. The molecule has 0 aromatic heterocycles. The van der Waals surface area contributed by atoms with Gasteiger partial charge in [0.25, 0.3) is 5.91 Å². The van der Waals surface area contributed by atoms with E-state index in [1.54, 1.807) is 24.3 Å². The lowest BCUT2D eigenvalue weighted by molar-refractivity contribution is -0.118. The van der Waals surface area contributed by atoms with Crippen LogP contribution in [0.5, 0.6) is 5.75 Å². The van der Waals surface area contributed by atoms with Crippen molar-refractivity contribution in [3.05, 3.63) is 53.3 Å². The van der Waals surface area contributed by atoms with Crippen molar-refractivity contribution in [2.24, 2.45) is 0 Å². The summed E-state index contributed by atoms with van der Waals surface area (Å²) in [5.74, 6) is -0.604. The molecular formula is C14H12ClFN2O2. The monoisotopic (exact) mass is 294 g/mol. The number of anilines is 2. The van der Waals surface area contributed by atoms with Gasteiger partial charge in [0.1, 0.15) is 17.3 Å². The second kappa shape index (κ2) is 6.25. The Morgan fingerprint density at radius 1 is 1.25 bits per heavy atom. The molecule has 1 amide bonds. The molecule has 0 heterocycles. The van der Waals surface area contributed by atoms with Gasteiger partial charge in [-0.1, -0.05) is 17.7 Å². The molecule has 0 bridgehead atoms. The van der Waals surface area contributed by atoms with Crippen molar-refractivity contribution in [1.29, 1.82) is 0 Å². The molecule has 0 unspecified atom stereocenters. The molecule has 2 rings (SSSR count). The quantitative estimate of drug-likeness (QED) is 0.852. The molecule has 0 radical (unpaired) electrons. The predicted molar refractivity (Wildman–Crippen MR) is 76.4 cm³/mol. The Hall–Kier alpha value is -2.27. The van der Waals surface area contributed by atoms with Crippen LogP contribution in [0, 0.1) is 5.82 Å². The highest BCUT2D eigenvalue weighted by Crippen LogP contribution is 2.21. The second-order valence-electron chi connectivity index (χ2n) is 3.99. The van der Waals surface area contributed by atoms with Gasteiger partial charge >= 0.3 is 0 Å². The second-order valence-corrected chi connectivity index (χ2v) is 4.43. The molecule has 0 saturated carbocycles. The first-order valence-electron chi connectivity index (χ1n) is 5.78. The van der Waals surface area contributed by atoms with Crippen LogP contribution < -0.4 is 15.8 Å². The number of hydrogen-bond donors (Lipinski definition) is 2. The molecule has 3 N–H and O–H groups in total. The zero-order chi connectivity index (χ0) is 14.5. The first-order valence-corrected chi connectivity index (χ1v) is 6.16. The minimum Gasteiger partial charge on any atom is -0.484 e. The maximum Gasteiger partial charge on any atom is 0.262 e. The first kappa shape index (κ1) is 14.1. The van der Waals surface area contributed by atoms with E-state index in [4.69, 9.17) is 22.1 Å². The smallest absolute Gasteiger partial charge is 0.262 e. The number of halogens is 2. The van der Waals surface area contributed by atoms with Crippen molar-refractivity contribution < 1.29 is 13.9 Å². The van der Waals surface area contributed by atoms with E-state index in [0.717, 1.165) is 0 Å². The van der Waals surface area contributed by atoms with Crippen LogP contribution in [0.4, 0.5) is 15.8 Å². The minimum atomic E-state index is -0.593. The maximum atomic E-state index is 13.5. The molecule has 2 aromatic carbocycles. The molecule has 0 aliphatic heterocycles. The van der Waals surface area contributed by atoms with Crippen LogP contribution in [0.2, 0.25) is 5.02 Å². The number of nitrogens with one attached hydrogen (secondary N) is 1. The maximum absolute atomic E-state index is 13.5. The Morgan fingerprint density at radius 3 is 2.60 bits per heavy atom. The van der Waals surface area contributed by atoms with E-state index in [0.29, 0.717) is 10.8 Å². The summed E-state index contributed by atoms with van der Waals surface area (Å²) in [6, 6.07) is 10.7. The summed E-state index contributed by atoms with van der Waals surface area (Å²) in [4.78, 5) is 11.7. The summed E-state index contributed by atoms with van der Waals surface area (Å²) in [7, 11) is 0. The summed E-state index contributed by atoms with van der Waals surface area (Å²) < 4.78 is 18.7. The Morgan fingerprint density at radius 2 is 1.95 bits per heavy atom. The zero-order valence-corrected chi connectivity index (χ0v) is 11.2. The number of ether oxygens (including phenoxy) is 1. The predicted octanol–water partition coefficient (Wildman–Crippen LogP) is 3.08. The van der Waals surface area contributed by atoms with Crippen molar-refractivity contribution in [2.45, 2.75) is 0 Å². The molecule has 6 heteroatoms. The molecule has 0 spiro atoms. The summed E-state index contributed by atoms with van der Waals surface area (Å²) >= 11 is 5.73. The fourth-order valence-corrected chi connectivity index (χ4v) is 1.65. The van der Waals surface area contributed by atoms with Crippen LogP contribution in [0.3, 0.4) is 0 Å². The third kappa shape index (κ3) is 3.61. The van der Waals surface area contributed by atoms with E-state index in [1.165, 1.54) is 18.2 Å². The number of benzene rings is 2. The highest BCUT2D eigenvalue weighted by Gasteiger charge is 2.10. The molecule has 2 aromatic rings. The Bertz CT molecular complexity index is 597. The van der Waals surface area contributed by atoms with Crippen LogP contribution in [0.25, 0.3) is 0 Å². The van der Waals surface area contributed by atoms with Gasteiger partial charge in [-0.3, -0.25) is 4.79 Å². The van der Waals surface area contributed by atoms with Crippen molar-refractivity contribution in [2.75, 3.05) is 17.7 Å². The Balaban J connectivity index is 1.94. The fourth-order valence-electron chi connectivity index (χ4n) is 1.53. The summed E-state index contributed by atoms with van der Waals surface area (Å²) in [6.07, 6.45) is 0. The molecule has 0 saturated heterocycles. The number of nitrogens with two attached hydrogens (primary N) is 1. The number of rotatable bonds is 4. The molecule has 4 nitrogen and oxygen atoms in total.